The molecule has 6 nitrogen and oxygen atoms in total. The van der Waals surface area contributed by atoms with Crippen molar-refractivity contribution < 1.29 is 9.90 Å². The van der Waals surface area contributed by atoms with Crippen molar-refractivity contribution in [2.24, 2.45) is 5.92 Å². The summed E-state index contributed by atoms with van der Waals surface area (Å²) >= 11 is 0. The summed E-state index contributed by atoms with van der Waals surface area (Å²) in [5.74, 6) is 0.781. The summed E-state index contributed by atoms with van der Waals surface area (Å²) in [6.07, 6.45) is 1.84. The van der Waals surface area contributed by atoms with Gasteiger partial charge in [0.1, 0.15) is 0 Å². The molecule has 0 aliphatic carbocycles. The Morgan fingerprint density at radius 1 is 1.32 bits per heavy atom. The van der Waals surface area contributed by atoms with Crippen molar-refractivity contribution in [1.82, 2.24) is 15.5 Å². The van der Waals surface area contributed by atoms with Crippen LogP contribution >= 0.6 is 0 Å². The highest BCUT2D eigenvalue weighted by molar-refractivity contribution is 5.73. The monoisotopic (exact) mass is 348 g/mol. The van der Waals surface area contributed by atoms with E-state index in [1.54, 1.807) is 0 Å². The Morgan fingerprint density at radius 2 is 2.04 bits per heavy atom. The number of carbonyl (C=O) groups excluding carboxylic acids is 1. The molecule has 1 fully saturated rings. The molecular weight excluding hydrogens is 316 g/mol. The van der Waals surface area contributed by atoms with Gasteiger partial charge in [0.15, 0.2) is 0 Å². The summed E-state index contributed by atoms with van der Waals surface area (Å²) in [6, 6.07) is 7.79. The molecule has 25 heavy (non-hydrogen) atoms. The highest BCUT2D eigenvalue weighted by atomic mass is 16.3. The first-order valence-corrected chi connectivity index (χ1v) is 9.12. The minimum absolute atomic E-state index is 0.249. The fraction of sp³-hybridized carbons (Fsp3) is 0.632. The number of piperidine rings is 1. The average molecular weight is 348 g/mol. The second kappa shape index (κ2) is 9.63. The third kappa shape index (κ3) is 6.92. The van der Waals surface area contributed by atoms with Crippen LogP contribution in [0.1, 0.15) is 25.3 Å². The second-order valence-electron chi connectivity index (χ2n) is 7.26. The van der Waals surface area contributed by atoms with Gasteiger partial charge in [0.05, 0.1) is 6.10 Å². The number of nitrogens with one attached hydrogen (secondary N) is 2. The van der Waals surface area contributed by atoms with Gasteiger partial charge in [0.2, 0.25) is 0 Å². The fourth-order valence-electron chi connectivity index (χ4n) is 3.01. The van der Waals surface area contributed by atoms with E-state index in [1.165, 1.54) is 12.8 Å². The molecule has 1 aromatic rings. The molecule has 2 amide bonds. The Labute approximate surface area is 151 Å². The van der Waals surface area contributed by atoms with Crippen LogP contribution in [0.3, 0.4) is 0 Å². The first kappa shape index (κ1) is 19.5. The summed E-state index contributed by atoms with van der Waals surface area (Å²) < 4.78 is 0. The van der Waals surface area contributed by atoms with E-state index < -0.39 is 6.10 Å². The van der Waals surface area contributed by atoms with E-state index in [0.717, 1.165) is 30.3 Å². The Kier molecular flexibility index (Phi) is 7.52. The number of aliphatic hydroxyl groups excluding tert-OH is 1. The molecule has 6 heteroatoms. The zero-order chi connectivity index (χ0) is 18.2. The normalized spacial score (nSPS) is 17.1. The van der Waals surface area contributed by atoms with Gasteiger partial charge in [-0.25, -0.2) is 4.79 Å². The highest BCUT2D eigenvalue weighted by Crippen LogP contribution is 2.16. The fourth-order valence-corrected chi connectivity index (χ4v) is 3.01. The number of nitrogens with zero attached hydrogens (tertiary/aromatic N) is 2. The minimum atomic E-state index is -0.531. The van der Waals surface area contributed by atoms with Crippen LogP contribution in [0.25, 0.3) is 0 Å². The van der Waals surface area contributed by atoms with Crippen LogP contribution in [-0.4, -0.2) is 62.4 Å². The van der Waals surface area contributed by atoms with Crippen LogP contribution in [0.5, 0.6) is 0 Å². The first-order valence-electron chi connectivity index (χ1n) is 9.12. The SMILES string of the molecule is CC1CCN(CC(O)CNC(=O)NCc2cccc(N(C)C)c2)CC1. The molecule has 3 N–H and O–H groups in total. The molecule has 0 bridgehead atoms. The molecule has 1 aliphatic heterocycles. The molecule has 0 radical (unpaired) electrons. The van der Waals surface area contributed by atoms with Crippen molar-refractivity contribution in [3.05, 3.63) is 29.8 Å². The van der Waals surface area contributed by atoms with Crippen LogP contribution in [0.4, 0.5) is 10.5 Å². The summed E-state index contributed by atoms with van der Waals surface area (Å²) in [4.78, 5) is 16.2. The third-order valence-electron chi connectivity index (χ3n) is 4.72. The molecular formula is C19H32N4O2. The molecule has 1 saturated heterocycles. The van der Waals surface area contributed by atoms with Crippen LogP contribution in [0.15, 0.2) is 24.3 Å². The van der Waals surface area contributed by atoms with Gasteiger partial charge in [-0.3, -0.25) is 0 Å². The van der Waals surface area contributed by atoms with E-state index in [-0.39, 0.29) is 12.6 Å². The van der Waals surface area contributed by atoms with Gasteiger partial charge in [-0.05, 0) is 49.5 Å². The van der Waals surface area contributed by atoms with Crippen molar-refractivity contribution in [2.45, 2.75) is 32.4 Å². The van der Waals surface area contributed by atoms with Crippen molar-refractivity contribution in [3.8, 4) is 0 Å². The molecule has 1 aliphatic rings. The van der Waals surface area contributed by atoms with Crippen molar-refractivity contribution in [2.75, 3.05) is 45.2 Å². The average Bonchev–Trinajstić information content (AvgIpc) is 2.60. The maximum absolute atomic E-state index is 11.9. The minimum Gasteiger partial charge on any atom is -0.390 e. The van der Waals surface area contributed by atoms with Gasteiger partial charge in [-0.1, -0.05) is 19.1 Å². The van der Waals surface area contributed by atoms with Gasteiger partial charge in [-0.15, -0.1) is 0 Å². The van der Waals surface area contributed by atoms with E-state index in [2.05, 4.69) is 22.5 Å². The highest BCUT2D eigenvalue weighted by Gasteiger charge is 2.18. The Balaban J connectivity index is 1.65. The first-order chi connectivity index (χ1) is 11.9. The number of aliphatic hydroxyl groups is 1. The predicted molar refractivity (Wildman–Crippen MR) is 102 cm³/mol. The number of anilines is 1. The van der Waals surface area contributed by atoms with Crippen molar-refractivity contribution >= 4 is 11.7 Å². The van der Waals surface area contributed by atoms with E-state index in [4.69, 9.17) is 0 Å². The van der Waals surface area contributed by atoms with E-state index >= 15 is 0 Å². The zero-order valence-corrected chi connectivity index (χ0v) is 15.7. The van der Waals surface area contributed by atoms with Crippen LogP contribution in [0.2, 0.25) is 0 Å². The number of amides is 2. The largest absolute Gasteiger partial charge is 0.390 e. The number of likely N-dealkylation sites (tertiary alicyclic amines) is 1. The standard InChI is InChI=1S/C19H32N4O2/c1-15-7-9-23(10-8-15)14-18(24)13-21-19(25)20-12-16-5-4-6-17(11-16)22(2)3/h4-6,11,15,18,24H,7-10,12-14H2,1-3H3,(H2,20,21,25). The Morgan fingerprint density at radius 3 is 2.72 bits per heavy atom. The maximum atomic E-state index is 11.9. The summed E-state index contributed by atoms with van der Waals surface area (Å²) in [7, 11) is 3.98. The predicted octanol–water partition coefficient (Wildman–Crippen LogP) is 1.64. The van der Waals surface area contributed by atoms with Crippen LogP contribution in [0, 0.1) is 5.92 Å². The number of β-amino-alcohol motifs (C(OH)–C–C–N with tert-alkyl or cyclic N) is 1. The molecule has 1 unspecified atom stereocenters. The second-order valence-corrected chi connectivity index (χ2v) is 7.26. The molecule has 0 saturated carbocycles. The molecule has 0 spiro atoms. The van der Waals surface area contributed by atoms with Gasteiger partial charge in [-0.2, -0.15) is 0 Å². The van der Waals surface area contributed by atoms with Gasteiger partial charge in [0, 0.05) is 39.4 Å². The smallest absolute Gasteiger partial charge is 0.315 e. The summed E-state index contributed by atoms with van der Waals surface area (Å²) in [6.45, 7) is 5.70. The van der Waals surface area contributed by atoms with Crippen LogP contribution < -0.4 is 15.5 Å². The van der Waals surface area contributed by atoms with Crippen molar-refractivity contribution in [3.63, 3.8) is 0 Å². The lowest BCUT2D eigenvalue weighted by Gasteiger charge is -2.31. The summed E-state index contributed by atoms with van der Waals surface area (Å²) in [5, 5.41) is 15.7. The molecule has 1 heterocycles. The quantitative estimate of drug-likeness (QED) is 0.701. The van der Waals surface area contributed by atoms with Gasteiger partial charge < -0.3 is 25.5 Å². The molecule has 2 rings (SSSR count). The Bertz CT molecular complexity index is 542. The van der Waals surface area contributed by atoms with Gasteiger partial charge >= 0.3 is 6.03 Å². The third-order valence-corrected chi connectivity index (χ3v) is 4.72. The van der Waals surface area contributed by atoms with Crippen LogP contribution in [-0.2, 0) is 6.54 Å². The van der Waals surface area contributed by atoms with E-state index in [0.29, 0.717) is 13.1 Å². The maximum Gasteiger partial charge on any atom is 0.315 e. The molecule has 0 aromatic heterocycles. The van der Waals surface area contributed by atoms with Crippen molar-refractivity contribution in [1.29, 1.82) is 0 Å². The van der Waals surface area contributed by atoms with E-state index in [9.17, 15) is 9.90 Å². The lowest BCUT2D eigenvalue weighted by atomic mass is 9.99. The number of hydrogen-bond donors (Lipinski definition) is 3. The van der Waals surface area contributed by atoms with Gasteiger partial charge in [0.25, 0.3) is 0 Å². The topological polar surface area (TPSA) is 67.8 Å². The van der Waals surface area contributed by atoms with E-state index in [1.807, 2.05) is 43.3 Å². The number of benzene rings is 1. The number of rotatable bonds is 7. The Hall–Kier alpha value is -1.79. The zero-order valence-electron chi connectivity index (χ0n) is 15.7. The lowest BCUT2D eigenvalue weighted by molar-refractivity contribution is 0.0920. The molecule has 140 valence electrons. The molecule has 1 aromatic carbocycles. The summed E-state index contributed by atoms with van der Waals surface area (Å²) in [5.41, 5.74) is 2.15. The molecule has 1 atom stereocenters. The lowest BCUT2D eigenvalue weighted by Crippen LogP contribution is -2.45. The number of carbonyl (C=O) groups is 1. The number of urea groups is 1. The number of hydrogen-bond acceptors (Lipinski definition) is 4.